The van der Waals surface area contributed by atoms with Gasteiger partial charge in [-0.05, 0) is 44.1 Å². The standard InChI is InChI=1S/C24H31N3O/c1-5-18-7-6-8-20-22(16-26-24(18)20)21(19-11-9-17(2)10-12-19)15-23(28)25-13-14-27(3)4/h6-12,16,21,26H,5,13-15H2,1-4H3,(H,25,28)/t21-/m1/s1. The summed E-state index contributed by atoms with van der Waals surface area (Å²) < 4.78 is 0. The van der Waals surface area contributed by atoms with Crippen molar-refractivity contribution in [2.75, 3.05) is 27.2 Å². The van der Waals surface area contributed by atoms with Crippen LogP contribution in [0.4, 0.5) is 0 Å². The van der Waals surface area contributed by atoms with E-state index in [1.807, 2.05) is 14.1 Å². The van der Waals surface area contributed by atoms with E-state index in [2.05, 4.69) is 77.7 Å². The third kappa shape index (κ3) is 4.63. The van der Waals surface area contributed by atoms with Crippen LogP contribution in [0.2, 0.25) is 0 Å². The van der Waals surface area contributed by atoms with Crippen LogP contribution in [0.5, 0.6) is 0 Å². The van der Waals surface area contributed by atoms with E-state index in [0.29, 0.717) is 13.0 Å². The lowest BCUT2D eigenvalue weighted by Crippen LogP contribution is -2.32. The number of hydrogen-bond donors (Lipinski definition) is 2. The maximum atomic E-state index is 12.7. The minimum atomic E-state index is 0.0285. The number of fused-ring (bicyclic) bond motifs is 1. The van der Waals surface area contributed by atoms with E-state index in [1.54, 1.807) is 0 Å². The maximum Gasteiger partial charge on any atom is 0.220 e. The van der Waals surface area contributed by atoms with E-state index >= 15 is 0 Å². The van der Waals surface area contributed by atoms with Gasteiger partial charge in [-0.15, -0.1) is 0 Å². The van der Waals surface area contributed by atoms with E-state index in [-0.39, 0.29) is 11.8 Å². The number of carbonyl (C=O) groups excluding carboxylic acids is 1. The second-order valence-corrected chi connectivity index (χ2v) is 7.76. The van der Waals surface area contributed by atoms with Crippen molar-refractivity contribution < 1.29 is 4.79 Å². The van der Waals surface area contributed by atoms with Crippen molar-refractivity contribution in [2.45, 2.75) is 32.6 Å². The average molecular weight is 378 g/mol. The predicted octanol–water partition coefficient (Wildman–Crippen LogP) is 4.24. The van der Waals surface area contributed by atoms with Crippen LogP contribution < -0.4 is 5.32 Å². The van der Waals surface area contributed by atoms with Crippen LogP contribution in [0, 0.1) is 6.92 Å². The van der Waals surface area contributed by atoms with Gasteiger partial charge in [-0.1, -0.05) is 55.0 Å². The van der Waals surface area contributed by atoms with Crippen molar-refractivity contribution >= 4 is 16.8 Å². The highest BCUT2D eigenvalue weighted by atomic mass is 16.1. The Hall–Kier alpha value is -2.59. The van der Waals surface area contributed by atoms with Crippen LogP contribution in [-0.2, 0) is 11.2 Å². The highest BCUT2D eigenvalue weighted by Crippen LogP contribution is 2.34. The van der Waals surface area contributed by atoms with Gasteiger partial charge >= 0.3 is 0 Å². The van der Waals surface area contributed by atoms with Gasteiger partial charge in [-0.3, -0.25) is 4.79 Å². The molecule has 1 atom stereocenters. The lowest BCUT2D eigenvalue weighted by Gasteiger charge is -2.18. The fourth-order valence-corrected chi connectivity index (χ4v) is 3.70. The van der Waals surface area contributed by atoms with Gasteiger partial charge in [0.25, 0.3) is 0 Å². The van der Waals surface area contributed by atoms with Gasteiger partial charge in [0.1, 0.15) is 0 Å². The van der Waals surface area contributed by atoms with Crippen molar-refractivity contribution in [1.29, 1.82) is 0 Å². The summed E-state index contributed by atoms with van der Waals surface area (Å²) in [5.41, 5.74) is 6.09. The van der Waals surface area contributed by atoms with E-state index in [0.717, 1.165) is 13.0 Å². The summed E-state index contributed by atoms with van der Waals surface area (Å²) in [7, 11) is 4.02. The molecule has 0 saturated carbocycles. The zero-order chi connectivity index (χ0) is 20.1. The van der Waals surface area contributed by atoms with Gasteiger partial charge in [0.2, 0.25) is 5.91 Å². The fourth-order valence-electron chi connectivity index (χ4n) is 3.70. The third-order valence-electron chi connectivity index (χ3n) is 5.34. The first-order valence-corrected chi connectivity index (χ1v) is 10.1. The molecule has 0 radical (unpaired) electrons. The van der Waals surface area contributed by atoms with Crippen molar-refractivity contribution in [2.24, 2.45) is 0 Å². The smallest absolute Gasteiger partial charge is 0.220 e. The molecular weight excluding hydrogens is 346 g/mol. The second-order valence-electron chi connectivity index (χ2n) is 7.76. The van der Waals surface area contributed by atoms with E-state index in [9.17, 15) is 4.79 Å². The number of likely N-dealkylation sites (N-methyl/N-ethyl adjacent to an activating group) is 1. The van der Waals surface area contributed by atoms with Gasteiger partial charge in [-0.25, -0.2) is 0 Å². The Bertz CT molecular complexity index is 925. The van der Waals surface area contributed by atoms with E-state index < -0.39 is 0 Å². The first kappa shape index (κ1) is 20.2. The van der Waals surface area contributed by atoms with Crippen LogP contribution in [0.15, 0.2) is 48.7 Å². The number of hydrogen-bond acceptors (Lipinski definition) is 2. The number of aromatic nitrogens is 1. The number of aromatic amines is 1. The summed E-state index contributed by atoms with van der Waals surface area (Å²) in [5.74, 6) is 0.120. The Morgan fingerprint density at radius 2 is 1.89 bits per heavy atom. The van der Waals surface area contributed by atoms with Crippen LogP contribution in [0.3, 0.4) is 0 Å². The maximum absolute atomic E-state index is 12.7. The zero-order valence-electron chi connectivity index (χ0n) is 17.4. The number of H-pyrrole nitrogens is 1. The van der Waals surface area contributed by atoms with E-state index in [1.165, 1.54) is 33.2 Å². The SMILES string of the molecule is CCc1cccc2c([C@H](CC(=O)NCCN(C)C)c3ccc(C)cc3)c[nH]c12. The lowest BCUT2D eigenvalue weighted by atomic mass is 9.87. The molecule has 0 spiro atoms. The molecule has 0 aliphatic rings. The van der Waals surface area contributed by atoms with Crippen LogP contribution in [0.25, 0.3) is 10.9 Å². The van der Waals surface area contributed by atoms with Gasteiger partial charge < -0.3 is 15.2 Å². The highest BCUT2D eigenvalue weighted by Gasteiger charge is 2.22. The van der Waals surface area contributed by atoms with Crippen molar-refractivity contribution in [3.8, 4) is 0 Å². The summed E-state index contributed by atoms with van der Waals surface area (Å²) in [6.45, 7) is 5.77. The Labute approximate surface area is 167 Å². The molecule has 2 N–H and O–H groups in total. The van der Waals surface area contributed by atoms with Crippen LogP contribution >= 0.6 is 0 Å². The molecule has 0 aliphatic heterocycles. The van der Waals surface area contributed by atoms with Crippen molar-refractivity contribution in [3.05, 3.63) is 70.9 Å². The topological polar surface area (TPSA) is 48.1 Å². The van der Waals surface area contributed by atoms with E-state index in [4.69, 9.17) is 0 Å². The molecule has 3 aromatic rings. The number of para-hydroxylation sites is 1. The Morgan fingerprint density at radius 1 is 1.14 bits per heavy atom. The molecule has 0 unspecified atom stereocenters. The molecule has 1 amide bonds. The molecule has 1 heterocycles. The Morgan fingerprint density at radius 3 is 2.57 bits per heavy atom. The minimum Gasteiger partial charge on any atom is -0.361 e. The Kier molecular flexibility index (Phi) is 6.53. The summed E-state index contributed by atoms with van der Waals surface area (Å²) in [5, 5.41) is 4.28. The Balaban J connectivity index is 1.93. The summed E-state index contributed by atoms with van der Waals surface area (Å²) in [6, 6.07) is 15.0. The molecule has 28 heavy (non-hydrogen) atoms. The normalized spacial score (nSPS) is 12.5. The predicted molar refractivity (Wildman–Crippen MR) is 117 cm³/mol. The average Bonchev–Trinajstić information content (AvgIpc) is 3.10. The molecule has 4 nitrogen and oxygen atoms in total. The molecule has 0 aliphatic carbocycles. The second kappa shape index (κ2) is 9.07. The lowest BCUT2D eigenvalue weighted by molar-refractivity contribution is -0.121. The molecule has 0 bridgehead atoms. The van der Waals surface area contributed by atoms with Crippen molar-refractivity contribution in [3.63, 3.8) is 0 Å². The molecule has 2 aromatic carbocycles. The number of nitrogens with one attached hydrogen (secondary N) is 2. The minimum absolute atomic E-state index is 0.0285. The number of carbonyl (C=O) groups is 1. The quantitative estimate of drug-likeness (QED) is 0.617. The number of aryl methyl sites for hydroxylation is 2. The monoisotopic (exact) mass is 377 g/mol. The van der Waals surface area contributed by atoms with Gasteiger partial charge in [0.15, 0.2) is 0 Å². The third-order valence-corrected chi connectivity index (χ3v) is 5.34. The molecule has 3 rings (SSSR count). The molecule has 148 valence electrons. The first-order chi connectivity index (χ1) is 13.5. The number of rotatable bonds is 8. The molecular formula is C24H31N3O. The highest BCUT2D eigenvalue weighted by molar-refractivity contribution is 5.88. The number of amides is 1. The zero-order valence-corrected chi connectivity index (χ0v) is 17.4. The van der Waals surface area contributed by atoms with Gasteiger partial charge in [0, 0.05) is 42.5 Å². The van der Waals surface area contributed by atoms with Crippen LogP contribution in [0.1, 0.15) is 41.5 Å². The largest absolute Gasteiger partial charge is 0.361 e. The van der Waals surface area contributed by atoms with Crippen LogP contribution in [-0.4, -0.2) is 43.0 Å². The fraction of sp³-hybridized carbons (Fsp3) is 0.375. The molecule has 0 saturated heterocycles. The summed E-state index contributed by atoms with van der Waals surface area (Å²) in [6.07, 6.45) is 3.51. The molecule has 1 aromatic heterocycles. The summed E-state index contributed by atoms with van der Waals surface area (Å²) >= 11 is 0. The first-order valence-electron chi connectivity index (χ1n) is 10.1. The molecule has 4 heteroatoms. The van der Waals surface area contributed by atoms with Gasteiger partial charge in [0.05, 0.1) is 0 Å². The number of nitrogens with zero attached hydrogens (tertiary/aromatic N) is 1. The van der Waals surface area contributed by atoms with Gasteiger partial charge in [-0.2, -0.15) is 0 Å². The molecule has 0 fully saturated rings. The number of benzene rings is 2. The van der Waals surface area contributed by atoms with Crippen molar-refractivity contribution in [1.82, 2.24) is 15.2 Å². The summed E-state index contributed by atoms with van der Waals surface area (Å²) in [4.78, 5) is 18.2.